The second kappa shape index (κ2) is 6.07. The van der Waals surface area contributed by atoms with Gasteiger partial charge in [-0.15, -0.1) is 0 Å². The SMILES string of the molecule is CCCc1nc(-c2cn[nH]n2)nc(NCC)c1I. The average Bonchev–Trinajstić information content (AvgIpc) is 2.88. The Hall–Kier alpha value is -1.25. The number of hydrogen-bond acceptors (Lipinski definition) is 5. The standard InChI is InChI=1S/C11H15IN6/c1-3-5-7-9(12)11(13-4-2)16-10(15-7)8-6-14-18-17-8/h6H,3-5H2,1-2H3,(H,13,15,16)(H,14,17,18). The van der Waals surface area contributed by atoms with Crippen LogP contribution in [0, 0.1) is 3.57 Å². The topological polar surface area (TPSA) is 79.4 Å². The van der Waals surface area contributed by atoms with Gasteiger partial charge in [-0.05, 0) is 35.9 Å². The van der Waals surface area contributed by atoms with Gasteiger partial charge in [-0.2, -0.15) is 15.4 Å². The number of nitrogens with zero attached hydrogens (tertiary/aromatic N) is 4. The number of H-pyrrole nitrogens is 1. The smallest absolute Gasteiger partial charge is 0.184 e. The van der Waals surface area contributed by atoms with Gasteiger partial charge in [-0.1, -0.05) is 13.3 Å². The van der Waals surface area contributed by atoms with E-state index in [1.807, 2.05) is 6.92 Å². The van der Waals surface area contributed by atoms with Crippen molar-refractivity contribution in [1.82, 2.24) is 25.4 Å². The Morgan fingerprint density at radius 1 is 1.33 bits per heavy atom. The molecule has 2 rings (SSSR count). The highest BCUT2D eigenvalue weighted by Gasteiger charge is 2.13. The minimum atomic E-state index is 0.614. The molecule has 0 saturated heterocycles. The van der Waals surface area contributed by atoms with Crippen LogP contribution in [0.15, 0.2) is 6.20 Å². The van der Waals surface area contributed by atoms with Gasteiger partial charge in [0.25, 0.3) is 0 Å². The number of halogens is 1. The monoisotopic (exact) mass is 358 g/mol. The first kappa shape index (κ1) is 13.2. The number of hydrogen-bond donors (Lipinski definition) is 2. The van der Waals surface area contributed by atoms with Crippen molar-refractivity contribution in [2.75, 3.05) is 11.9 Å². The van der Waals surface area contributed by atoms with Crippen LogP contribution >= 0.6 is 22.6 Å². The van der Waals surface area contributed by atoms with E-state index in [-0.39, 0.29) is 0 Å². The molecule has 0 bridgehead atoms. The summed E-state index contributed by atoms with van der Waals surface area (Å²) in [4.78, 5) is 9.06. The van der Waals surface area contributed by atoms with E-state index in [0.717, 1.165) is 34.5 Å². The van der Waals surface area contributed by atoms with Crippen molar-refractivity contribution in [2.45, 2.75) is 26.7 Å². The fourth-order valence-corrected chi connectivity index (χ4v) is 2.31. The molecule has 0 aliphatic rings. The van der Waals surface area contributed by atoms with Gasteiger partial charge in [0.2, 0.25) is 0 Å². The van der Waals surface area contributed by atoms with Crippen LogP contribution < -0.4 is 5.32 Å². The van der Waals surface area contributed by atoms with Crippen LogP contribution in [0.3, 0.4) is 0 Å². The first-order valence-corrected chi connectivity index (χ1v) is 7.00. The molecule has 2 heterocycles. The quantitative estimate of drug-likeness (QED) is 0.802. The minimum Gasteiger partial charge on any atom is -0.369 e. The number of aromatic amines is 1. The fraction of sp³-hybridized carbons (Fsp3) is 0.455. The first-order valence-electron chi connectivity index (χ1n) is 5.92. The lowest BCUT2D eigenvalue weighted by atomic mass is 10.2. The van der Waals surface area contributed by atoms with Gasteiger partial charge in [0.15, 0.2) is 5.82 Å². The van der Waals surface area contributed by atoms with Crippen LogP contribution in [0.4, 0.5) is 5.82 Å². The van der Waals surface area contributed by atoms with Crippen molar-refractivity contribution < 1.29 is 0 Å². The van der Waals surface area contributed by atoms with Crippen molar-refractivity contribution in [3.63, 3.8) is 0 Å². The molecule has 7 heteroatoms. The van der Waals surface area contributed by atoms with Crippen LogP contribution in [-0.2, 0) is 6.42 Å². The molecular weight excluding hydrogens is 343 g/mol. The largest absolute Gasteiger partial charge is 0.369 e. The van der Waals surface area contributed by atoms with Crippen LogP contribution in [0.2, 0.25) is 0 Å². The normalized spacial score (nSPS) is 10.6. The molecule has 2 aromatic heterocycles. The highest BCUT2D eigenvalue weighted by Crippen LogP contribution is 2.23. The van der Waals surface area contributed by atoms with E-state index in [0.29, 0.717) is 11.5 Å². The Bertz CT molecular complexity index is 483. The molecule has 0 amide bonds. The van der Waals surface area contributed by atoms with Crippen LogP contribution in [0.25, 0.3) is 11.5 Å². The van der Waals surface area contributed by atoms with Crippen molar-refractivity contribution in [2.24, 2.45) is 0 Å². The van der Waals surface area contributed by atoms with Crippen molar-refractivity contribution in [1.29, 1.82) is 0 Å². The molecule has 0 aromatic carbocycles. The Labute approximate surface area is 119 Å². The molecule has 2 aromatic rings. The van der Waals surface area contributed by atoms with Gasteiger partial charge >= 0.3 is 0 Å². The van der Waals surface area contributed by atoms with E-state index in [1.54, 1.807) is 6.20 Å². The zero-order valence-electron chi connectivity index (χ0n) is 10.4. The Morgan fingerprint density at radius 2 is 2.17 bits per heavy atom. The van der Waals surface area contributed by atoms with E-state index >= 15 is 0 Å². The summed E-state index contributed by atoms with van der Waals surface area (Å²) in [6, 6.07) is 0. The summed E-state index contributed by atoms with van der Waals surface area (Å²) in [5.74, 6) is 1.48. The zero-order chi connectivity index (χ0) is 13.0. The molecule has 0 fully saturated rings. The number of aromatic nitrogens is 5. The van der Waals surface area contributed by atoms with E-state index in [9.17, 15) is 0 Å². The minimum absolute atomic E-state index is 0.614. The molecule has 0 unspecified atom stereocenters. The second-order valence-electron chi connectivity index (χ2n) is 3.79. The summed E-state index contributed by atoms with van der Waals surface area (Å²) < 4.78 is 1.09. The van der Waals surface area contributed by atoms with Crippen molar-refractivity contribution in [3.05, 3.63) is 15.5 Å². The number of nitrogens with one attached hydrogen (secondary N) is 2. The molecule has 2 N–H and O–H groups in total. The average molecular weight is 358 g/mol. The molecule has 0 aliphatic carbocycles. The Kier molecular flexibility index (Phi) is 4.45. The van der Waals surface area contributed by atoms with Gasteiger partial charge in [-0.25, -0.2) is 9.97 Å². The van der Waals surface area contributed by atoms with E-state index in [1.165, 1.54) is 0 Å². The van der Waals surface area contributed by atoms with Gasteiger partial charge in [0, 0.05) is 6.54 Å². The molecule has 96 valence electrons. The predicted octanol–water partition coefficient (Wildman–Crippen LogP) is 2.25. The Balaban J connectivity index is 2.47. The summed E-state index contributed by atoms with van der Waals surface area (Å²) in [5, 5.41) is 13.7. The number of anilines is 1. The van der Waals surface area contributed by atoms with Gasteiger partial charge in [-0.3, -0.25) is 0 Å². The van der Waals surface area contributed by atoms with Crippen LogP contribution in [-0.4, -0.2) is 31.9 Å². The first-order chi connectivity index (χ1) is 8.76. The van der Waals surface area contributed by atoms with E-state index < -0.39 is 0 Å². The third-order valence-corrected chi connectivity index (χ3v) is 3.53. The highest BCUT2D eigenvalue weighted by atomic mass is 127. The maximum Gasteiger partial charge on any atom is 0.184 e. The fourth-order valence-electron chi connectivity index (χ4n) is 1.60. The summed E-state index contributed by atoms with van der Waals surface area (Å²) >= 11 is 2.29. The maximum absolute atomic E-state index is 4.57. The van der Waals surface area contributed by atoms with Crippen LogP contribution in [0.5, 0.6) is 0 Å². The molecule has 0 aliphatic heterocycles. The molecular formula is C11H15IN6. The van der Waals surface area contributed by atoms with Crippen molar-refractivity contribution >= 4 is 28.4 Å². The summed E-state index contributed by atoms with van der Waals surface area (Å²) in [5.41, 5.74) is 1.73. The lowest BCUT2D eigenvalue weighted by Crippen LogP contribution is -2.08. The molecule has 6 nitrogen and oxygen atoms in total. The van der Waals surface area contributed by atoms with Gasteiger partial charge in [0.05, 0.1) is 15.5 Å². The zero-order valence-corrected chi connectivity index (χ0v) is 12.5. The molecule has 18 heavy (non-hydrogen) atoms. The number of rotatable bonds is 5. The van der Waals surface area contributed by atoms with Crippen molar-refractivity contribution in [3.8, 4) is 11.5 Å². The molecule has 0 radical (unpaired) electrons. The molecule has 0 saturated carbocycles. The lowest BCUT2D eigenvalue weighted by Gasteiger charge is -2.10. The van der Waals surface area contributed by atoms with Gasteiger partial charge in [0.1, 0.15) is 11.5 Å². The molecule has 0 spiro atoms. The van der Waals surface area contributed by atoms with E-state index in [4.69, 9.17) is 0 Å². The van der Waals surface area contributed by atoms with E-state index in [2.05, 4.69) is 60.2 Å². The summed E-state index contributed by atoms with van der Waals surface area (Å²) in [7, 11) is 0. The third kappa shape index (κ3) is 2.77. The molecule has 0 atom stereocenters. The number of aryl methyl sites for hydroxylation is 1. The van der Waals surface area contributed by atoms with Gasteiger partial charge < -0.3 is 5.32 Å². The lowest BCUT2D eigenvalue weighted by molar-refractivity contribution is 0.864. The second-order valence-corrected chi connectivity index (χ2v) is 4.87. The predicted molar refractivity (Wildman–Crippen MR) is 78.3 cm³/mol. The Morgan fingerprint density at radius 3 is 2.78 bits per heavy atom. The summed E-state index contributed by atoms with van der Waals surface area (Å²) in [6.07, 6.45) is 3.62. The highest BCUT2D eigenvalue weighted by molar-refractivity contribution is 14.1. The van der Waals surface area contributed by atoms with Crippen LogP contribution in [0.1, 0.15) is 26.0 Å². The summed E-state index contributed by atoms with van der Waals surface area (Å²) in [6.45, 7) is 5.02. The third-order valence-electron chi connectivity index (χ3n) is 2.39. The maximum atomic E-state index is 4.57.